The van der Waals surface area contributed by atoms with E-state index in [1.54, 1.807) is 6.20 Å². The van der Waals surface area contributed by atoms with Gasteiger partial charge in [-0.2, -0.15) is 0 Å². The van der Waals surface area contributed by atoms with Crippen LogP contribution in [0.4, 0.5) is 5.82 Å². The Morgan fingerprint density at radius 2 is 2.25 bits per heavy atom. The van der Waals surface area contributed by atoms with E-state index in [9.17, 15) is 4.79 Å². The summed E-state index contributed by atoms with van der Waals surface area (Å²) in [6.45, 7) is 7.51. The van der Waals surface area contributed by atoms with E-state index in [1.165, 1.54) is 13.3 Å². The van der Waals surface area contributed by atoms with Crippen LogP contribution in [0.2, 0.25) is 0 Å². The topological polar surface area (TPSA) is 67.3 Å². The molecule has 0 bridgehead atoms. The molecular formula is C14H20N4O2. The first-order chi connectivity index (χ1) is 9.54. The molecule has 6 heteroatoms. The van der Waals surface area contributed by atoms with Crippen molar-refractivity contribution in [3.05, 3.63) is 18.1 Å². The Morgan fingerprint density at radius 3 is 2.95 bits per heavy atom. The van der Waals surface area contributed by atoms with Crippen molar-refractivity contribution in [1.82, 2.24) is 15.3 Å². The van der Waals surface area contributed by atoms with E-state index in [0.717, 1.165) is 25.5 Å². The van der Waals surface area contributed by atoms with Crippen LogP contribution in [0, 0.1) is 11.8 Å². The molecule has 2 aliphatic heterocycles. The lowest BCUT2D eigenvalue weighted by Gasteiger charge is -2.36. The molecule has 108 valence electrons. The first kappa shape index (κ1) is 13.3. The first-order valence-electron chi connectivity index (χ1n) is 6.92. The van der Waals surface area contributed by atoms with Crippen LogP contribution in [0.25, 0.3) is 0 Å². The quantitative estimate of drug-likeness (QED) is 0.802. The third-order valence-corrected chi connectivity index (χ3v) is 4.65. The maximum absolute atomic E-state index is 11.6. The van der Waals surface area contributed by atoms with Crippen LogP contribution in [0.5, 0.6) is 0 Å². The van der Waals surface area contributed by atoms with Crippen LogP contribution in [0.15, 0.2) is 12.4 Å². The van der Waals surface area contributed by atoms with Crippen molar-refractivity contribution in [2.75, 3.05) is 31.6 Å². The summed E-state index contributed by atoms with van der Waals surface area (Å²) in [6, 6.07) is 0. The number of rotatable bonds is 2. The fraction of sp³-hybridized carbons (Fsp3) is 0.643. The summed E-state index contributed by atoms with van der Waals surface area (Å²) in [5, 5.41) is 3.45. The molecular weight excluding hydrogens is 256 g/mol. The lowest BCUT2D eigenvalue weighted by atomic mass is 9.85. The van der Waals surface area contributed by atoms with Gasteiger partial charge in [-0.05, 0) is 25.7 Å². The number of hydrogen-bond donors (Lipinski definition) is 1. The van der Waals surface area contributed by atoms with Gasteiger partial charge in [-0.3, -0.25) is 4.98 Å². The van der Waals surface area contributed by atoms with Gasteiger partial charge < -0.3 is 15.0 Å². The normalized spacial score (nSPS) is 27.4. The highest BCUT2D eigenvalue weighted by molar-refractivity contribution is 5.87. The van der Waals surface area contributed by atoms with Crippen LogP contribution in [0.3, 0.4) is 0 Å². The van der Waals surface area contributed by atoms with Crippen LogP contribution in [-0.2, 0) is 4.74 Å². The monoisotopic (exact) mass is 276 g/mol. The number of hydrogen-bond acceptors (Lipinski definition) is 6. The lowest BCUT2D eigenvalue weighted by Crippen LogP contribution is -2.45. The van der Waals surface area contributed by atoms with Gasteiger partial charge in [0.15, 0.2) is 5.69 Å². The molecule has 1 aromatic rings. The fourth-order valence-corrected chi connectivity index (χ4v) is 3.50. The van der Waals surface area contributed by atoms with E-state index in [1.807, 2.05) is 0 Å². The third-order valence-electron chi connectivity index (χ3n) is 4.65. The fourth-order valence-electron chi connectivity index (χ4n) is 3.50. The van der Waals surface area contributed by atoms with Crippen LogP contribution in [0.1, 0.15) is 24.3 Å². The minimum Gasteiger partial charge on any atom is -0.464 e. The molecule has 0 saturated carbocycles. The highest BCUT2D eigenvalue weighted by atomic mass is 16.5. The Hall–Kier alpha value is -1.69. The Morgan fingerprint density at radius 1 is 1.45 bits per heavy atom. The standard InChI is InChI=1S/C14H20N4O2/c1-14(2)10-5-15-4-9(10)8-18(14)12-7-16-6-11(17-12)13(19)20-3/h6-7,9-10,15H,4-5,8H2,1-3H3. The van der Waals surface area contributed by atoms with Crippen molar-refractivity contribution in [3.63, 3.8) is 0 Å². The van der Waals surface area contributed by atoms with Gasteiger partial charge in [-0.15, -0.1) is 0 Å². The molecule has 0 spiro atoms. The lowest BCUT2D eigenvalue weighted by molar-refractivity contribution is 0.0593. The molecule has 3 heterocycles. The number of fused-ring (bicyclic) bond motifs is 1. The van der Waals surface area contributed by atoms with Gasteiger partial charge in [0.1, 0.15) is 5.82 Å². The van der Waals surface area contributed by atoms with E-state index in [-0.39, 0.29) is 11.2 Å². The number of aromatic nitrogens is 2. The SMILES string of the molecule is COC(=O)c1cncc(N2CC3CNCC3C2(C)C)n1. The number of esters is 1. The number of carbonyl (C=O) groups is 1. The van der Waals surface area contributed by atoms with Crippen molar-refractivity contribution in [1.29, 1.82) is 0 Å². The maximum atomic E-state index is 11.6. The summed E-state index contributed by atoms with van der Waals surface area (Å²) in [6.07, 6.45) is 3.17. The molecule has 3 rings (SSSR count). The zero-order chi connectivity index (χ0) is 14.3. The van der Waals surface area contributed by atoms with E-state index >= 15 is 0 Å². The highest BCUT2D eigenvalue weighted by Crippen LogP contribution is 2.42. The second kappa shape index (κ2) is 4.70. The van der Waals surface area contributed by atoms with E-state index < -0.39 is 5.97 Å². The molecule has 2 unspecified atom stereocenters. The van der Waals surface area contributed by atoms with Crippen molar-refractivity contribution < 1.29 is 9.53 Å². The second-order valence-electron chi connectivity index (χ2n) is 6.04. The maximum Gasteiger partial charge on any atom is 0.358 e. The van der Waals surface area contributed by atoms with E-state index in [2.05, 4.69) is 34.0 Å². The van der Waals surface area contributed by atoms with Crippen molar-refractivity contribution >= 4 is 11.8 Å². The predicted molar refractivity (Wildman–Crippen MR) is 74.6 cm³/mol. The minimum absolute atomic E-state index is 0.0115. The summed E-state index contributed by atoms with van der Waals surface area (Å²) >= 11 is 0. The molecule has 20 heavy (non-hydrogen) atoms. The number of nitrogens with zero attached hydrogens (tertiary/aromatic N) is 3. The van der Waals surface area contributed by atoms with Gasteiger partial charge in [-0.1, -0.05) is 0 Å². The van der Waals surface area contributed by atoms with Crippen LogP contribution < -0.4 is 10.2 Å². The Balaban J connectivity index is 1.92. The zero-order valence-corrected chi connectivity index (χ0v) is 12.1. The Kier molecular flexibility index (Phi) is 3.12. The largest absolute Gasteiger partial charge is 0.464 e. The predicted octanol–water partition coefficient (Wildman–Crippen LogP) is 0.697. The molecule has 1 N–H and O–H groups in total. The zero-order valence-electron chi connectivity index (χ0n) is 12.1. The molecule has 1 aromatic heterocycles. The number of anilines is 1. The molecule has 2 fully saturated rings. The molecule has 0 aromatic carbocycles. The number of methoxy groups -OCH3 is 1. The van der Waals surface area contributed by atoms with Crippen molar-refractivity contribution in [2.45, 2.75) is 19.4 Å². The van der Waals surface area contributed by atoms with Crippen molar-refractivity contribution in [2.24, 2.45) is 11.8 Å². The molecule has 2 saturated heterocycles. The summed E-state index contributed by atoms with van der Waals surface area (Å²) in [5.74, 6) is 1.55. The Labute approximate surface area is 118 Å². The summed E-state index contributed by atoms with van der Waals surface area (Å²) in [7, 11) is 1.35. The third kappa shape index (κ3) is 1.95. The van der Waals surface area contributed by atoms with E-state index in [0.29, 0.717) is 11.8 Å². The van der Waals surface area contributed by atoms with Crippen molar-refractivity contribution in [3.8, 4) is 0 Å². The van der Waals surface area contributed by atoms with Crippen LogP contribution >= 0.6 is 0 Å². The van der Waals surface area contributed by atoms with Gasteiger partial charge in [0.2, 0.25) is 0 Å². The highest BCUT2D eigenvalue weighted by Gasteiger charge is 2.50. The average Bonchev–Trinajstić information content (AvgIpc) is 3.00. The van der Waals surface area contributed by atoms with Crippen LogP contribution in [-0.4, -0.2) is 48.2 Å². The smallest absolute Gasteiger partial charge is 0.358 e. The molecule has 2 atom stereocenters. The second-order valence-corrected chi connectivity index (χ2v) is 6.04. The molecule has 0 amide bonds. The van der Waals surface area contributed by atoms with Gasteiger partial charge in [0.05, 0.1) is 19.5 Å². The van der Waals surface area contributed by atoms with Gasteiger partial charge in [0.25, 0.3) is 0 Å². The van der Waals surface area contributed by atoms with Gasteiger partial charge >= 0.3 is 5.97 Å². The molecule has 0 radical (unpaired) electrons. The van der Waals surface area contributed by atoms with Gasteiger partial charge in [-0.25, -0.2) is 9.78 Å². The summed E-state index contributed by atoms with van der Waals surface area (Å²) in [4.78, 5) is 22.4. The number of ether oxygens (including phenoxy) is 1. The molecule has 0 aliphatic carbocycles. The van der Waals surface area contributed by atoms with E-state index in [4.69, 9.17) is 4.74 Å². The Bertz CT molecular complexity index is 532. The number of nitrogens with one attached hydrogen (secondary N) is 1. The average molecular weight is 276 g/mol. The summed E-state index contributed by atoms with van der Waals surface area (Å²) in [5.41, 5.74) is 0.272. The minimum atomic E-state index is -0.446. The van der Waals surface area contributed by atoms with Gasteiger partial charge in [0, 0.05) is 25.2 Å². The molecule has 6 nitrogen and oxygen atoms in total. The number of carbonyl (C=O) groups excluding carboxylic acids is 1. The first-order valence-corrected chi connectivity index (χ1v) is 6.92. The molecule has 2 aliphatic rings. The summed E-state index contributed by atoms with van der Waals surface area (Å²) < 4.78 is 4.71.